The van der Waals surface area contributed by atoms with Gasteiger partial charge < -0.3 is 14.2 Å². The summed E-state index contributed by atoms with van der Waals surface area (Å²) in [6.07, 6.45) is 1.96. The lowest BCUT2D eigenvalue weighted by molar-refractivity contribution is 0.415. The molecule has 104 valence electrons. The maximum atomic E-state index is 9.80. The van der Waals surface area contributed by atoms with E-state index < -0.39 is 0 Å². The van der Waals surface area contributed by atoms with Crippen molar-refractivity contribution in [3.8, 4) is 5.75 Å². The van der Waals surface area contributed by atoms with E-state index in [0.29, 0.717) is 0 Å². The monoisotopic (exact) mass is 269 g/mol. The molecular weight excluding hydrogens is 250 g/mol. The molecule has 0 saturated heterocycles. The number of ether oxygens (including phenoxy) is 1. The van der Waals surface area contributed by atoms with Gasteiger partial charge in [-0.2, -0.15) is 0 Å². The fraction of sp³-hybridized carbons (Fsp3) is 0.176. The van der Waals surface area contributed by atoms with E-state index in [1.54, 1.807) is 7.11 Å². The quantitative estimate of drug-likeness (QED) is 0.687. The van der Waals surface area contributed by atoms with Crippen molar-refractivity contribution >= 4 is 22.2 Å². The number of pyridine rings is 1. The molecule has 0 atom stereocenters. The van der Waals surface area contributed by atoms with Gasteiger partial charge in [-0.05, 0) is 24.3 Å². The van der Waals surface area contributed by atoms with Crippen molar-refractivity contribution in [2.75, 3.05) is 7.11 Å². The van der Waals surface area contributed by atoms with Gasteiger partial charge in [0.15, 0.2) is 0 Å². The number of methoxy groups -OCH3 is 1. The van der Waals surface area contributed by atoms with Gasteiger partial charge in [0.2, 0.25) is 0 Å². The van der Waals surface area contributed by atoms with E-state index in [9.17, 15) is 5.11 Å². The lowest BCUT2D eigenvalue weighted by Gasteiger charge is -2.00. The first-order valence-corrected chi connectivity index (χ1v) is 6.67. The van der Waals surface area contributed by atoms with Crippen molar-refractivity contribution in [3.05, 3.63) is 54.7 Å². The zero-order valence-corrected chi connectivity index (χ0v) is 12.1. The Kier molecular flexibility index (Phi) is 3.99. The van der Waals surface area contributed by atoms with E-state index in [-0.39, 0.29) is 5.76 Å². The van der Waals surface area contributed by atoms with Crippen molar-refractivity contribution in [1.29, 1.82) is 0 Å². The summed E-state index contributed by atoms with van der Waals surface area (Å²) in [5.74, 6) is 0.875. The average Bonchev–Trinajstić information content (AvgIpc) is 2.83. The molecule has 0 aliphatic carbocycles. The van der Waals surface area contributed by atoms with Crippen molar-refractivity contribution in [3.63, 3.8) is 0 Å². The van der Waals surface area contributed by atoms with Crippen LogP contribution in [0.15, 0.2) is 49.2 Å². The maximum Gasteiger partial charge on any atom is 0.120 e. The number of benzene rings is 1. The molecule has 3 nitrogen and oxygen atoms in total. The molecule has 0 radical (unpaired) electrons. The zero-order valence-electron chi connectivity index (χ0n) is 12.1. The predicted molar refractivity (Wildman–Crippen MR) is 84.5 cm³/mol. The summed E-state index contributed by atoms with van der Waals surface area (Å²) >= 11 is 0. The maximum absolute atomic E-state index is 9.80. The summed E-state index contributed by atoms with van der Waals surface area (Å²) in [6.45, 7) is 7.65. The Morgan fingerprint density at radius 2 is 1.90 bits per heavy atom. The number of hydrogen-bond acceptors (Lipinski definition) is 2. The van der Waals surface area contributed by atoms with Crippen LogP contribution in [0.1, 0.15) is 19.4 Å². The predicted octanol–water partition coefficient (Wildman–Crippen LogP) is 4.66. The van der Waals surface area contributed by atoms with Crippen LogP contribution in [0.25, 0.3) is 22.2 Å². The second-order valence-corrected chi connectivity index (χ2v) is 4.16. The van der Waals surface area contributed by atoms with Crippen LogP contribution in [0.5, 0.6) is 5.75 Å². The first kappa shape index (κ1) is 14.0. The van der Waals surface area contributed by atoms with E-state index in [2.05, 4.69) is 6.58 Å². The Labute approximate surface area is 118 Å². The van der Waals surface area contributed by atoms with E-state index >= 15 is 0 Å². The third-order valence-electron chi connectivity index (χ3n) is 3.14. The molecule has 0 amide bonds. The van der Waals surface area contributed by atoms with Crippen LogP contribution in [0.2, 0.25) is 0 Å². The molecule has 0 aliphatic heterocycles. The molecule has 0 saturated carbocycles. The van der Waals surface area contributed by atoms with Gasteiger partial charge in [-0.25, -0.2) is 0 Å². The minimum absolute atomic E-state index is 0.0823. The number of aliphatic hydroxyl groups excluding tert-OH is 1. The van der Waals surface area contributed by atoms with Crippen LogP contribution < -0.4 is 4.74 Å². The number of hydrogen-bond donors (Lipinski definition) is 1. The Hall–Kier alpha value is -2.42. The fourth-order valence-corrected chi connectivity index (χ4v) is 2.35. The number of aromatic nitrogens is 1. The molecule has 1 N–H and O–H groups in total. The molecule has 3 rings (SSSR count). The molecule has 0 unspecified atom stereocenters. The number of aliphatic hydroxyl groups is 1. The van der Waals surface area contributed by atoms with Gasteiger partial charge in [0, 0.05) is 23.2 Å². The van der Waals surface area contributed by atoms with Crippen molar-refractivity contribution < 1.29 is 9.84 Å². The van der Waals surface area contributed by atoms with Crippen molar-refractivity contribution in [2.24, 2.45) is 0 Å². The lowest BCUT2D eigenvalue weighted by Crippen LogP contribution is -1.84. The minimum Gasteiger partial charge on any atom is -0.508 e. The topological polar surface area (TPSA) is 33.9 Å². The van der Waals surface area contributed by atoms with Gasteiger partial charge in [-0.15, -0.1) is 0 Å². The Balaban J connectivity index is 0.000000704. The molecule has 0 fully saturated rings. The molecule has 20 heavy (non-hydrogen) atoms. The summed E-state index contributed by atoms with van der Waals surface area (Å²) in [6, 6.07) is 11.6. The lowest BCUT2D eigenvalue weighted by atomic mass is 10.1. The largest absolute Gasteiger partial charge is 0.508 e. The highest BCUT2D eigenvalue weighted by atomic mass is 16.5. The average molecular weight is 269 g/mol. The smallest absolute Gasteiger partial charge is 0.120 e. The Bertz CT molecular complexity index is 756. The molecule has 2 heterocycles. The molecule has 3 aromatic rings. The third kappa shape index (κ3) is 2.11. The van der Waals surface area contributed by atoms with Crippen LogP contribution in [0.4, 0.5) is 0 Å². The molecule has 1 aromatic carbocycles. The Morgan fingerprint density at radius 3 is 2.55 bits per heavy atom. The standard InChI is InChI=1S/C15H13NO2.C2H6/c1-10(17)15-12-7-6-11(18-2)9-14(12)16-8-4-3-5-13(15)16;1-2/h3-9,17H,1H2,2H3;1-2H3. The van der Waals surface area contributed by atoms with Gasteiger partial charge in [0.25, 0.3) is 0 Å². The van der Waals surface area contributed by atoms with Gasteiger partial charge in [0.1, 0.15) is 11.5 Å². The second kappa shape index (κ2) is 5.70. The van der Waals surface area contributed by atoms with Gasteiger partial charge >= 0.3 is 0 Å². The van der Waals surface area contributed by atoms with Crippen LogP contribution in [0.3, 0.4) is 0 Å². The van der Waals surface area contributed by atoms with Gasteiger partial charge in [-0.1, -0.05) is 26.5 Å². The molecule has 0 aliphatic rings. The third-order valence-corrected chi connectivity index (χ3v) is 3.14. The number of nitrogens with zero attached hydrogens (tertiary/aromatic N) is 1. The summed E-state index contributed by atoms with van der Waals surface area (Å²) in [4.78, 5) is 0. The molecule has 2 aromatic heterocycles. The van der Waals surface area contributed by atoms with E-state index in [0.717, 1.165) is 27.7 Å². The Morgan fingerprint density at radius 1 is 1.15 bits per heavy atom. The van der Waals surface area contributed by atoms with E-state index in [4.69, 9.17) is 4.74 Å². The van der Waals surface area contributed by atoms with Crippen LogP contribution in [-0.2, 0) is 0 Å². The van der Waals surface area contributed by atoms with Crippen LogP contribution in [0, 0.1) is 0 Å². The highest BCUT2D eigenvalue weighted by molar-refractivity contribution is 6.00. The summed E-state index contributed by atoms with van der Waals surface area (Å²) < 4.78 is 7.27. The zero-order chi connectivity index (χ0) is 14.7. The number of fused-ring (bicyclic) bond motifs is 3. The first-order valence-electron chi connectivity index (χ1n) is 6.67. The SMILES string of the molecule is C=C(O)c1c2ccc(OC)cc2n2ccccc12.CC. The number of rotatable bonds is 2. The van der Waals surface area contributed by atoms with Gasteiger partial charge in [-0.3, -0.25) is 0 Å². The van der Waals surface area contributed by atoms with Gasteiger partial charge in [0.05, 0.1) is 18.1 Å². The van der Waals surface area contributed by atoms with E-state index in [1.165, 1.54) is 0 Å². The fourth-order valence-electron chi connectivity index (χ4n) is 2.35. The molecular formula is C17H19NO2. The van der Waals surface area contributed by atoms with Crippen molar-refractivity contribution in [2.45, 2.75) is 13.8 Å². The normalized spacial score (nSPS) is 10.2. The minimum atomic E-state index is 0.0823. The molecule has 0 spiro atoms. The van der Waals surface area contributed by atoms with Crippen LogP contribution >= 0.6 is 0 Å². The van der Waals surface area contributed by atoms with E-state index in [1.807, 2.05) is 60.8 Å². The highest BCUT2D eigenvalue weighted by Gasteiger charge is 2.13. The molecule has 0 bridgehead atoms. The first-order chi connectivity index (χ1) is 9.72. The summed E-state index contributed by atoms with van der Waals surface area (Å²) in [7, 11) is 1.64. The molecule has 3 heteroatoms. The highest BCUT2D eigenvalue weighted by Crippen LogP contribution is 2.32. The summed E-state index contributed by atoms with van der Waals surface area (Å²) in [5, 5.41) is 10.8. The van der Waals surface area contributed by atoms with Crippen molar-refractivity contribution in [1.82, 2.24) is 4.40 Å². The summed E-state index contributed by atoms with van der Waals surface area (Å²) in [5.41, 5.74) is 2.71. The van der Waals surface area contributed by atoms with Crippen LogP contribution in [-0.4, -0.2) is 16.6 Å². The second-order valence-electron chi connectivity index (χ2n) is 4.16.